The van der Waals surface area contributed by atoms with Crippen molar-refractivity contribution >= 4 is 15.7 Å². The van der Waals surface area contributed by atoms with Crippen LogP contribution in [-0.2, 0) is 14.6 Å². The minimum absolute atomic E-state index is 0.0884. The second-order valence-corrected chi connectivity index (χ2v) is 9.92. The predicted octanol–water partition coefficient (Wildman–Crippen LogP) is 1.05. The van der Waals surface area contributed by atoms with Crippen LogP contribution in [0.5, 0.6) is 0 Å². The van der Waals surface area contributed by atoms with Crippen molar-refractivity contribution in [3.63, 3.8) is 0 Å². The number of rotatable bonds is 3. The average molecular weight is 316 g/mol. The van der Waals surface area contributed by atoms with Gasteiger partial charge in [0.15, 0.2) is 9.84 Å². The first-order valence-electron chi connectivity index (χ1n) is 7.94. The fraction of sp³-hybridized carbons (Fsp3) is 0.933. The molecular weight excluding hydrogens is 288 g/mol. The van der Waals surface area contributed by atoms with Crippen molar-refractivity contribution < 1.29 is 13.2 Å². The molecular formula is C15H28N2O3S. The summed E-state index contributed by atoms with van der Waals surface area (Å²) in [6, 6.07) is 0. The van der Waals surface area contributed by atoms with Gasteiger partial charge in [-0.25, -0.2) is 8.42 Å². The Bertz CT molecular complexity index is 481. The monoisotopic (exact) mass is 316 g/mol. The molecule has 2 heterocycles. The van der Waals surface area contributed by atoms with Crippen molar-refractivity contribution in [3.05, 3.63) is 0 Å². The van der Waals surface area contributed by atoms with Gasteiger partial charge in [-0.05, 0) is 51.6 Å². The van der Waals surface area contributed by atoms with Crippen LogP contribution in [-0.4, -0.2) is 55.9 Å². The maximum absolute atomic E-state index is 12.5. The fourth-order valence-corrected chi connectivity index (χ4v) is 4.66. The van der Waals surface area contributed by atoms with Gasteiger partial charge >= 0.3 is 0 Å². The van der Waals surface area contributed by atoms with E-state index in [-0.39, 0.29) is 11.7 Å². The molecule has 1 amide bonds. The first-order chi connectivity index (χ1) is 9.73. The molecule has 2 rings (SSSR count). The first kappa shape index (κ1) is 16.7. The van der Waals surface area contributed by atoms with Crippen LogP contribution in [0.1, 0.15) is 40.0 Å². The molecule has 6 heteroatoms. The van der Waals surface area contributed by atoms with E-state index in [1.54, 1.807) is 18.7 Å². The number of piperidine rings is 1. The summed E-state index contributed by atoms with van der Waals surface area (Å²) >= 11 is 0. The van der Waals surface area contributed by atoms with Crippen molar-refractivity contribution in [2.75, 3.05) is 31.9 Å². The van der Waals surface area contributed by atoms with Gasteiger partial charge < -0.3 is 10.2 Å². The van der Waals surface area contributed by atoms with Crippen LogP contribution in [0.25, 0.3) is 0 Å². The average Bonchev–Trinajstić information content (AvgIpc) is 2.42. The summed E-state index contributed by atoms with van der Waals surface area (Å²) in [6.07, 6.45) is 2.89. The SMILES string of the molecule is CC(CC(=O)N1CCS(=O)(=O)C(C)(C)C1)C1CCCNC1. The third-order valence-electron chi connectivity index (χ3n) is 5.03. The Kier molecular flexibility index (Phi) is 4.98. The molecule has 2 aliphatic rings. The molecule has 2 saturated heterocycles. The topological polar surface area (TPSA) is 66.5 Å². The number of carbonyl (C=O) groups excluding carboxylic acids is 1. The third-order valence-corrected chi connectivity index (χ3v) is 7.57. The zero-order chi connectivity index (χ0) is 15.7. The number of hydrogen-bond acceptors (Lipinski definition) is 4. The number of nitrogens with zero attached hydrogens (tertiary/aromatic N) is 1. The lowest BCUT2D eigenvalue weighted by Gasteiger charge is -2.38. The van der Waals surface area contributed by atoms with Crippen LogP contribution >= 0.6 is 0 Å². The highest BCUT2D eigenvalue weighted by Gasteiger charge is 2.41. The normalized spacial score (nSPS) is 29.9. The fourth-order valence-electron chi connectivity index (χ4n) is 3.29. The van der Waals surface area contributed by atoms with Crippen LogP contribution in [0.3, 0.4) is 0 Å². The standard InChI is InChI=1S/C15H28N2O3S/c1-12(13-5-4-6-16-10-13)9-14(18)17-7-8-21(19,20)15(2,3)11-17/h12-13,16H,4-11H2,1-3H3. The summed E-state index contributed by atoms with van der Waals surface area (Å²) in [6.45, 7) is 8.32. The van der Waals surface area contributed by atoms with Gasteiger partial charge in [0, 0.05) is 19.5 Å². The molecule has 5 nitrogen and oxygen atoms in total. The first-order valence-corrected chi connectivity index (χ1v) is 9.59. The van der Waals surface area contributed by atoms with Crippen molar-refractivity contribution in [2.24, 2.45) is 11.8 Å². The Morgan fingerprint density at radius 2 is 2.14 bits per heavy atom. The van der Waals surface area contributed by atoms with E-state index in [1.807, 2.05) is 0 Å². The number of amides is 1. The summed E-state index contributed by atoms with van der Waals surface area (Å²) < 4.78 is 23.2. The molecule has 0 bridgehead atoms. The van der Waals surface area contributed by atoms with Crippen LogP contribution in [0, 0.1) is 11.8 Å². The molecule has 2 aliphatic heterocycles. The largest absolute Gasteiger partial charge is 0.340 e. The molecule has 0 saturated carbocycles. The molecule has 0 aromatic heterocycles. The second-order valence-electron chi connectivity index (χ2n) is 7.18. The third kappa shape index (κ3) is 3.77. The molecule has 21 heavy (non-hydrogen) atoms. The highest BCUT2D eigenvalue weighted by Crippen LogP contribution is 2.27. The van der Waals surface area contributed by atoms with E-state index in [0.29, 0.717) is 31.3 Å². The van der Waals surface area contributed by atoms with E-state index in [9.17, 15) is 13.2 Å². The molecule has 0 aromatic rings. The molecule has 0 aromatic carbocycles. The molecule has 0 radical (unpaired) electrons. The lowest BCUT2D eigenvalue weighted by Crippen LogP contribution is -2.54. The smallest absolute Gasteiger partial charge is 0.222 e. The van der Waals surface area contributed by atoms with E-state index in [2.05, 4.69) is 12.2 Å². The van der Waals surface area contributed by atoms with Gasteiger partial charge in [0.05, 0.1) is 10.5 Å². The maximum atomic E-state index is 12.5. The zero-order valence-electron chi connectivity index (χ0n) is 13.4. The van der Waals surface area contributed by atoms with Gasteiger partial charge in [-0.3, -0.25) is 4.79 Å². The highest BCUT2D eigenvalue weighted by atomic mass is 32.2. The van der Waals surface area contributed by atoms with Crippen molar-refractivity contribution in [1.29, 1.82) is 0 Å². The van der Waals surface area contributed by atoms with Crippen molar-refractivity contribution in [1.82, 2.24) is 10.2 Å². The Morgan fingerprint density at radius 3 is 2.71 bits per heavy atom. The summed E-state index contributed by atoms with van der Waals surface area (Å²) in [5.41, 5.74) is 0. The molecule has 1 N–H and O–H groups in total. The van der Waals surface area contributed by atoms with Crippen LogP contribution in [0.4, 0.5) is 0 Å². The number of carbonyl (C=O) groups is 1. The quantitative estimate of drug-likeness (QED) is 0.845. The molecule has 122 valence electrons. The van der Waals surface area contributed by atoms with Gasteiger partial charge in [-0.2, -0.15) is 0 Å². The van der Waals surface area contributed by atoms with Crippen molar-refractivity contribution in [2.45, 2.75) is 44.8 Å². The van der Waals surface area contributed by atoms with Gasteiger partial charge in [-0.1, -0.05) is 6.92 Å². The minimum Gasteiger partial charge on any atom is -0.340 e. The maximum Gasteiger partial charge on any atom is 0.222 e. The summed E-state index contributed by atoms with van der Waals surface area (Å²) in [5.74, 6) is 1.11. The van der Waals surface area contributed by atoms with Crippen LogP contribution in [0.2, 0.25) is 0 Å². The zero-order valence-corrected chi connectivity index (χ0v) is 14.2. The molecule has 0 aliphatic carbocycles. The van der Waals surface area contributed by atoms with Gasteiger partial charge in [0.25, 0.3) is 0 Å². The Morgan fingerprint density at radius 1 is 1.43 bits per heavy atom. The highest BCUT2D eigenvalue weighted by molar-refractivity contribution is 7.92. The summed E-state index contributed by atoms with van der Waals surface area (Å²) in [7, 11) is -3.08. The number of hydrogen-bond donors (Lipinski definition) is 1. The summed E-state index contributed by atoms with van der Waals surface area (Å²) in [5, 5.41) is 3.39. The molecule has 2 atom stereocenters. The van der Waals surface area contributed by atoms with Crippen molar-refractivity contribution in [3.8, 4) is 0 Å². The van der Waals surface area contributed by atoms with E-state index in [4.69, 9.17) is 0 Å². The van der Waals surface area contributed by atoms with Crippen LogP contribution < -0.4 is 5.32 Å². The second kappa shape index (κ2) is 6.24. The molecule has 2 unspecified atom stereocenters. The van der Waals surface area contributed by atoms with E-state index >= 15 is 0 Å². The number of nitrogens with one attached hydrogen (secondary N) is 1. The Hall–Kier alpha value is -0.620. The van der Waals surface area contributed by atoms with Gasteiger partial charge in [0.1, 0.15) is 0 Å². The Balaban J connectivity index is 1.92. The molecule has 2 fully saturated rings. The number of sulfone groups is 1. The van der Waals surface area contributed by atoms with E-state index in [1.165, 1.54) is 12.8 Å². The van der Waals surface area contributed by atoms with Gasteiger partial charge in [0.2, 0.25) is 5.91 Å². The van der Waals surface area contributed by atoms with E-state index in [0.717, 1.165) is 13.1 Å². The van der Waals surface area contributed by atoms with Gasteiger partial charge in [-0.15, -0.1) is 0 Å². The summed E-state index contributed by atoms with van der Waals surface area (Å²) in [4.78, 5) is 14.2. The lowest BCUT2D eigenvalue weighted by molar-refractivity contribution is -0.132. The van der Waals surface area contributed by atoms with E-state index < -0.39 is 14.6 Å². The van der Waals surface area contributed by atoms with Crippen LogP contribution in [0.15, 0.2) is 0 Å². The Labute approximate surface area is 128 Å². The molecule has 0 spiro atoms. The minimum atomic E-state index is -3.08. The predicted molar refractivity (Wildman–Crippen MR) is 83.8 cm³/mol. The lowest BCUT2D eigenvalue weighted by atomic mass is 9.85.